The standard InChI is InChI=1S/C17H19N5O2S/c1-10-14(25-7-11-5-3-2-4-6-11)13(23)17(24-10)22-9-21-12-15(18)19-8-20-16(12)22/h2-6,8-10,13-14,17,23H,7H2,1H3,(H2,18,19,20)/t10-,13+,14-,17-/m1/s1. The first-order valence-corrected chi connectivity index (χ1v) is 9.12. The van der Waals surface area contributed by atoms with Crippen molar-refractivity contribution in [2.45, 2.75) is 36.4 Å². The van der Waals surface area contributed by atoms with Gasteiger partial charge in [0.25, 0.3) is 0 Å². The summed E-state index contributed by atoms with van der Waals surface area (Å²) >= 11 is 1.70. The smallest absolute Gasteiger partial charge is 0.167 e. The van der Waals surface area contributed by atoms with E-state index in [1.807, 2.05) is 25.1 Å². The van der Waals surface area contributed by atoms with Crippen molar-refractivity contribution in [1.29, 1.82) is 0 Å². The molecule has 3 aromatic rings. The molecule has 130 valence electrons. The summed E-state index contributed by atoms with van der Waals surface area (Å²) in [6.07, 6.45) is 1.69. The second kappa shape index (κ2) is 6.62. The van der Waals surface area contributed by atoms with Crippen LogP contribution in [0.4, 0.5) is 5.82 Å². The summed E-state index contributed by atoms with van der Waals surface area (Å²) in [4.78, 5) is 12.4. The normalized spacial score (nSPS) is 26.3. The van der Waals surface area contributed by atoms with Gasteiger partial charge in [-0.3, -0.25) is 4.57 Å². The van der Waals surface area contributed by atoms with Crippen molar-refractivity contribution in [1.82, 2.24) is 19.5 Å². The Morgan fingerprint density at radius 1 is 1.24 bits per heavy atom. The fraction of sp³-hybridized carbons (Fsp3) is 0.353. The number of nitrogen functional groups attached to an aromatic ring is 1. The maximum atomic E-state index is 10.8. The zero-order chi connectivity index (χ0) is 17.4. The molecule has 0 spiro atoms. The lowest BCUT2D eigenvalue weighted by Crippen LogP contribution is -2.28. The van der Waals surface area contributed by atoms with Crippen LogP contribution in [0.2, 0.25) is 0 Å². The number of anilines is 1. The Balaban J connectivity index is 1.55. The van der Waals surface area contributed by atoms with E-state index in [4.69, 9.17) is 10.5 Å². The SMILES string of the molecule is C[C@H]1O[C@@H](n2cnc3c(N)ncnc32)[C@@H](O)[C@@H]1SCc1ccccc1. The van der Waals surface area contributed by atoms with Gasteiger partial charge in [0.1, 0.15) is 17.9 Å². The Labute approximate surface area is 149 Å². The van der Waals surface area contributed by atoms with E-state index in [-0.39, 0.29) is 11.4 Å². The van der Waals surface area contributed by atoms with Gasteiger partial charge in [0.05, 0.1) is 17.7 Å². The number of hydrogen-bond acceptors (Lipinski definition) is 7. The number of hydrogen-bond donors (Lipinski definition) is 2. The Kier molecular flexibility index (Phi) is 4.32. The third kappa shape index (κ3) is 2.97. The van der Waals surface area contributed by atoms with Crippen LogP contribution in [0, 0.1) is 0 Å². The largest absolute Gasteiger partial charge is 0.387 e. The number of fused-ring (bicyclic) bond motifs is 1. The van der Waals surface area contributed by atoms with Crippen LogP contribution in [0.3, 0.4) is 0 Å². The second-order valence-electron chi connectivity index (χ2n) is 6.07. The Morgan fingerprint density at radius 2 is 2.04 bits per heavy atom. The van der Waals surface area contributed by atoms with Crippen LogP contribution in [0.1, 0.15) is 18.7 Å². The molecule has 0 amide bonds. The maximum Gasteiger partial charge on any atom is 0.167 e. The molecule has 0 unspecified atom stereocenters. The molecule has 1 saturated heterocycles. The van der Waals surface area contributed by atoms with E-state index in [0.717, 1.165) is 5.75 Å². The van der Waals surface area contributed by atoms with Crippen molar-refractivity contribution < 1.29 is 9.84 Å². The number of rotatable bonds is 4. The lowest BCUT2D eigenvalue weighted by atomic mass is 10.2. The van der Waals surface area contributed by atoms with Gasteiger partial charge in [0, 0.05) is 5.75 Å². The number of benzene rings is 1. The van der Waals surface area contributed by atoms with E-state index in [9.17, 15) is 5.11 Å². The minimum Gasteiger partial charge on any atom is -0.387 e. The number of nitrogens with two attached hydrogens (primary N) is 1. The molecule has 8 heteroatoms. The lowest BCUT2D eigenvalue weighted by molar-refractivity contribution is -0.0297. The van der Waals surface area contributed by atoms with Gasteiger partial charge >= 0.3 is 0 Å². The fourth-order valence-corrected chi connectivity index (χ4v) is 4.35. The molecule has 1 aliphatic heterocycles. The van der Waals surface area contributed by atoms with E-state index < -0.39 is 12.3 Å². The van der Waals surface area contributed by atoms with Crippen LogP contribution in [-0.2, 0) is 10.5 Å². The molecule has 25 heavy (non-hydrogen) atoms. The van der Waals surface area contributed by atoms with Crippen LogP contribution in [-0.4, -0.2) is 42.1 Å². The van der Waals surface area contributed by atoms with Gasteiger partial charge in [-0.2, -0.15) is 0 Å². The fourth-order valence-electron chi connectivity index (χ4n) is 3.10. The highest BCUT2D eigenvalue weighted by Gasteiger charge is 2.43. The molecule has 1 fully saturated rings. The molecule has 0 aliphatic carbocycles. The van der Waals surface area contributed by atoms with Gasteiger partial charge in [0.15, 0.2) is 17.7 Å². The van der Waals surface area contributed by atoms with Gasteiger partial charge < -0.3 is 15.6 Å². The van der Waals surface area contributed by atoms with Gasteiger partial charge in [-0.05, 0) is 12.5 Å². The van der Waals surface area contributed by atoms with Crippen molar-refractivity contribution in [3.05, 3.63) is 48.5 Å². The van der Waals surface area contributed by atoms with Crippen molar-refractivity contribution in [3.63, 3.8) is 0 Å². The summed E-state index contributed by atoms with van der Waals surface area (Å²) < 4.78 is 7.75. The van der Waals surface area contributed by atoms with Crippen LogP contribution in [0.15, 0.2) is 43.0 Å². The highest BCUT2D eigenvalue weighted by atomic mass is 32.2. The lowest BCUT2D eigenvalue weighted by Gasteiger charge is -2.18. The minimum absolute atomic E-state index is 0.0400. The van der Waals surface area contributed by atoms with Crippen LogP contribution >= 0.6 is 11.8 Å². The molecule has 1 aliphatic rings. The van der Waals surface area contributed by atoms with Crippen LogP contribution in [0.25, 0.3) is 11.2 Å². The van der Waals surface area contributed by atoms with Gasteiger partial charge in [-0.15, -0.1) is 11.8 Å². The predicted molar refractivity (Wildman–Crippen MR) is 96.9 cm³/mol. The van der Waals surface area contributed by atoms with Crippen molar-refractivity contribution in [2.24, 2.45) is 0 Å². The van der Waals surface area contributed by atoms with Crippen molar-refractivity contribution >= 4 is 28.7 Å². The Bertz CT molecular complexity index is 872. The van der Waals surface area contributed by atoms with Gasteiger partial charge in [0.2, 0.25) is 0 Å². The topological polar surface area (TPSA) is 99.1 Å². The Hall–Kier alpha value is -2.16. The molecule has 0 bridgehead atoms. The number of nitrogens with zero attached hydrogens (tertiary/aromatic N) is 4. The van der Waals surface area contributed by atoms with E-state index in [1.54, 1.807) is 22.7 Å². The predicted octanol–water partition coefficient (Wildman–Crippen LogP) is 1.99. The third-order valence-corrected chi connectivity index (χ3v) is 5.94. The first-order valence-electron chi connectivity index (χ1n) is 8.07. The molecule has 0 radical (unpaired) electrons. The summed E-state index contributed by atoms with van der Waals surface area (Å²) in [5.41, 5.74) is 8.15. The van der Waals surface area contributed by atoms with E-state index in [2.05, 4.69) is 27.1 Å². The van der Waals surface area contributed by atoms with E-state index in [0.29, 0.717) is 17.0 Å². The highest BCUT2D eigenvalue weighted by Crippen LogP contribution is 2.38. The van der Waals surface area contributed by atoms with E-state index in [1.165, 1.54) is 11.9 Å². The van der Waals surface area contributed by atoms with Crippen LogP contribution in [0.5, 0.6) is 0 Å². The monoisotopic (exact) mass is 357 g/mol. The molecule has 7 nitrogen and oxygen atoms in total. The van der Waals surface area contributed by atoms with Crippen LogP contribution < -0.4 is 5.73 Å². The number of thioether (sulfide) groups is 1. The first-order chi connectivity index (χ1) is 12.1. The van der Waals surface area contributed by atoms with Gasteiger partial charge in [-0.25, -0.2) is 15.0 Å². The molecular weight excluding hydrogens is 338 g/mol. The summed E-state index contributed by atoms with van der Waals surface area (Å²) in [7, 11) is 0. The zero-order valence-corrected chi connectivity index (χ0v) is 14.5. The molecule has 3 N–H and O–H groups in total. The van der Waals surface area contributed by atoms with E-state index >= 15 is 0 Å². The van der Waals surface area contributed by atoms with Gasteiger partial charge in [-0.1, -0.05) is 30.3 Å². The number of aliphatic hydroxyl groups excluding tert-OH is 1. The summed E-state index contributed by atoms with van der Waals surface area (Å²) in [6.45, 7) is 1.98. The summed E-state index contributed by atoms with van der Waals surface area (Å²) in [5.74, 6) is 1.14. The Morgan fingerprint density at radius 3 is 2.84 bits per heavy atom. The first kappa shape index (κ1) is 16.3. The van der Waals surface area contributed by atoms with Crippen molar-refractivity contribution in [3.8, 4) is 0 Å². The number of aliphatic hydroxyl groups is 1. The average molecular weight is 357 g/mol. The molecule has 1 aromatic carbocycles. The summed E-state index contributed by atoms with van der Waals surface area (Å²) in [5, 5.41) is 10.8. The molecular formula is C17H19N5O2S. The molecule has 2 aromatic heterocycles. The molecule has 0 saturated carbocycles. The van der Waals surface area contributed by atoms with Crippen molar-refractivity contribution in [2.75, 3.05) is 5.73 Å². The quantitative estimate of drug-likeness (QED) is 0.736. The summed E-state index contributed by atoms with van der Waals surface area (Å²) in [6, 6.07) is 10.2. The zero-order valence-electron chi connectivity index (χ0n) is 13.7. The number of aromatic nitrogens is 4. The number of imidazole rings is 1. The average Bonchev–Trinajstić information content (AvgIpc) is 3.16. The molecule has 4 atom stereocenters. The molecule has 3 heterocycles. The maximum absolute atomic E-state index is 10.8. The third-order valence-electron chi connectivity index (χ3n) is 4.39. The molecule has 4 rings (SSSR count). The second-order valence-corrected chi connectivity index (χ2v) is 7.23. The minimum atomic E-state index is -0.669. The number of ether oxygens (including phenoxy) is 1. The highest BCUT2D eigenvalue weighted by molar-refractivity contribution is 7.99.